The zero-order valence-electron chi connectivity index (χ0n) is 16.2. The van der Waals surface area contributed by atoms with E-state index < -0.39 is 0 Å². The number of carbonyl (C=O) groups excluding carboxylic acids is 1. The number of rotatable bonds is 6. The first-order valence-electron chi connectivity index (χ1n) is 9.11. The van der Waals surface area contributed by atoms with Gasteiger partial charge in [0.1, 0.15) is 0 Å². The van der Waals surface area contributed by atoms with Crippen molar-refractivity contribution in [1.29, 1.82) is 0 Å². The third-order valence-electron chi connectivity index (χ3n) is 4.38. The number of hydrogen-bond acceptors (Lipinski definition) is 4. The molecule has 1 heterocycles. The highest BCUT2D eigenvalue weighted by Crippen LogP contribution is 2.20. The molecular formula is C19H29FIN3O3. The third-order valence-corrected chi connectivity index (χ3v) is 4.38. The SMILES string of the molecule is CCNC(=NCc1ccc(OC)c(F)c1)N1CCC(C(=O)OCC)CC1.I. The molecular weight excluding hydrogens is 464 g/mol. The monoisotopic (exact) mass is 493 g/mol. The quantitative estimate of drug-likeness (QED) is 0.286. The molecule has 0 radical (unpaired) electrons. The van der Waals surface area contributed by atoms with Crippen molar-refractivity contribution in [3.05, 3.63) is 29.6 Å². The van der Waals surface area contributed by atoms with Crippen LogP contribution in [0.2, 0.25) is 0 Å². The van der Waals surface area contributed by atoms with Crippen LogP contribution in [0.1, 0.15) is 32.3 Å². The van der Waals surface area contributed by atoms with Gasteiger partial charge in [-0.3, -0.25) is 4.79 Å². The third kappa shape index (κ3) is 6.82. The summed E-state index contributed by atoms with van der Waals surface area (Å²) < 4.78 is 23.9. The molecule has 1 saturated heterocycles. The lowest BCUT2D eigenvalue weighted by atomic mass is 9.97. The molecule has 0 atom stereocenters. The van der Waals surface area contributed by atoms with Crippen LogP contribution in [0.15, 0.2) is 23.2 Å². The number of nitrogens with zero attached hydrogens (tertiary/aromatic N) is 2. The number of likely N-dealkylation sites (tertiary alicyclic amines) is 1. The molecule has 2 rings (SSSR count). The molecule has 0 aliphatic carbocycles. The summed E-state index contributed by atoms with van der Waals surface area (Å²) in [5, 5.41) is 3.27. The van der Waals surface area contributed by atoms with Gasteiger partial charge >= 0.3 is 5.97 Å². The van der Waals surface area contributed by atoms with Crippen molar-refractivity contribution >= 4 is 35.9 Å². The normalized spacial score (nSPS) is 15.1. The number of nitrogens with one attached hydrogen (secondary N) is 1. The van der Waals surface area contributed by atoms with E-state index in [0.29, 0.717) is 13.2 Å². The van der Waals surface area contributed by atoms with Crippen molar-refractivity contribution in [2.45, 2.75) is 33.2 Å². The van der Waals surface area contributed by atoms with Gasteiger partial charge in [0.25, 0.3) is 0 Å². The first kappa shape index (κ1) is 23.5. The molecule has 0 spiro atoms. The minimum absolute atomic E-state index is 0. The smallest absolute Gasteiger partial charge is 0.309 e. The molecule has 0 aromatic heterocycles. The number of aliphatic imine (C=N–C) groups is 1. The first-order chi connectivity index (χ1) is 12.6. The van der Waals surface area contributed by atoms with Crippen LogP contribution in [0.3, 0.4) is 0 Å². The average Bonchev–Trinajstić information content (AvgIpc) is 2.65. The van der Waals surface area contributed by atoms with E-state index in [0.717, 1.165) is 44.0 Å². The Morgan fingerprint density at radius 3 is 2.59 bits per heavy atom. The van der Waals surface area contributed by atoms with Gasteiger partial charge in [-0.2, -0.15) is 0 Å². The second kappa shape index (κ2) is 12.0. The summed E-state index contributed by atoms with van der Waals surface area (Å²) in [6, 6.07) is 4.86. The fraction of sp³-hybridized carbons (Fsp3) is 0.579. The van der Waals surface area contributed by atoms with Crippen LogP contribution in [0.4, 0.5) is 4.39 Å². The predicted octanol–water partition coefficient (Wildman–Crippen LogP) is 3.19. The summed E-state index contributed by atoms with van der Waals surface area (Å²) in [4.78, 5) is 18.6. The van der Waals surface area contributed by atoms with Crippen LogP contribution in [0, 0.1) is 11.7 Å². The maximum Gasteiger partial charge on any atom is 0.309 e. The fourth-order valence-electron chi connectivity index (χ4n) is 2.99. The van der Waals surface area contributed by atoms with Crippen LogP contribution >= 0.6 is 24.0 Å². The van der Waals surface area contributed by atoms with Gasteiger partial charge in [-0.05, 0) is 44.4 Å². The molecule has 0 amide bonds. The largest absolute Gasteiger partial charge is 0.494 e. The highest BCUT2D eigenvalue weighted by Gasteiger charge is 2.27. The van der Waals surface area contributed by atoms with E-state index in [9.17, 15) is 9.18 Å². The summed E-state index contributed by atoms with van der Waals surface area (Å²) in [6.45, 7) is 6.85. The highest BCUT2D eigenvalue weighted by molar-refractivity contribution is 14.0. The van der Waals surface area contributed by atoms with Crippen LogP contribution in [-0.4, -0.2) is 50.2 Å². The fourth-order valence-corrected chi connectivity index (χ4v) is 2.99. The minimum Gasteiger partial charge on any atom is -0.494 e. The Labute approximate surface area is 177 Å². The number of esters is 1. The standard InChI is InChI=1S/C19H28FN3O3.HI/c1-4-21-19(22-13-14-6-7-17(25-3)16(20)12-14)23-10-8-15(9-11-23)18(24)26-5-2;/h6-7,12,15H,4-5,8-11,13H2,1-3H3,(H,21,22);1H. The van der Waals surface area contributed by atoms with Crippen molar-refractivity contribution in [3.63, 3.8) is 0 Å². The van der Waals surface area contributed by atoms with Crippen LogP contribution in [-0.2, 0) is 16.1 Å². The molecule has 152 valence electrons. The van der Waals surface area contributed by atoms with Crippen molar-refractivity contribution < 1.29 is 18.7 Å². The van der Waals surface area contributed by atoms with Crippen molar-refractivity contribution in [3.8, 4) is 5.75 Å². The maximum absolute atomic E-state index is 13.8. The molecule has 1 aliphatic rings. The summed E-state index contributed by atoms with van der Waals surface area (Å²) in [6.07, 6.45) is 1.50. The van der Waals surface area contributed by atoms with E-state index in [1.807, 2.05) is 19.9 Å². The Balaban J connectivity index is 0.00000364. The average molecular weight is 493 g/mol. The zero-order valence-corrected chi connectivity index (χ0v) is 18.5. The Kier molecular flexibility index (Phi) is 10.4. The van der Waals surface area contributed by atoms with Gasteiger partial charge in [0.05, 0.1) is 26.2 Å². The summed E-state index contributed by atoms with van der Waals surface area (Å²) in [5.74, 6) is 0.477. The maximum atomic E-state index is 13.8. The molecule has 27 heavy (non-hydrogen) atoms. The van der Waals surface area contributed by atoms with Crippen molar-refractivity contribution in [1.82, 2.24) is 10.2 Å². The van der Waals surface area contributed by atoms with E-state index >= 15 is 0 Å². The Hall–Kier alpha value is -1.58. The number of piperidine rings is 1. The van der Waals surface area contributed by atoms with E-state index in [-0.39, 0.29) is 47.4 Å². The van der Waals surface area contributed by atoms with Crippen LogP contribution in [0.25, 0.3) is 0 Å². The van der Waals surface area contributed by atoms with Gasteiger partial charge in [0, 0.05) is 19.6 Å². The van der Waals surface area contributed by atoms with Crippen LogP contribution < -0.4 is 10.1 Å². The van der Waals surface area contributed by atoms with Crippen LogP contribution in [0.5, 0.6) is 5.75 Å². The highest BCUT2D eigenvalue weighted by atomic mass is 127. The van der Waals surface area contributed by atoms with Gasteiger partial charge in [-0.15, -0.1) is 24.0 Å². The molecule has 1 aromatic rings. The van der Waals surface area contributed by atoms with E-state index in [2.05, 4.69) is 15.2 Å². The molecule has 1 aromatic carbocycles. The molecule has 8 heteroatoms. The molecule has 1 fully saturated rings. The van der Waals surface area contributed by atoms with E-state index in [1.54, 1.807) is 6.07 Å². The Morgan fingerprint density at radius 2 is 2.04 bits per heavy atom. The summed E-state index contributed by atoms with van der Waals surface area (Å²) in [5.41, 5.74) is 0.778. The summed E-state index contributed by atoms with van der Waals surface area (Å²) in [7, 11) is 1.44. The predicted molar refractivity (Wildman–Crippen MR) is 114 cm³/mol. The molecule has 1 N–H and O–H groups in total. The molecule has 0 bridgehead atoms. The number of benzene rings is 1. The number of halogens is 2. The molecule has 0 saturated carbocycles. The van der Waals surface area contributed by atoms with Gasteiger partial charge < -0.3 is 19.7 Å². The minimum atomic E-state index is -0.388. The Morgan fingerprint density at radius 1 is 1.33 bits per heavy atom. The second-order valence-electron chi connectivity index (χ2n) is 6.15. The molecule has 0 unspecified atom stereocenters. The van der Waals surface area contributed by atoms with Crippen molar-refractivity contribution in [2.24, 2.45) is 10.9 Å². The molecule has 6 nitrogen and oxygen atoms in total. The van der Waals surface area contributed by atoms with Crippen molar-refractivity contribution in [2.75, 3.05) is 33.4 Å². The number of hydrogen-bond donors (Lipinski definition) is 1. The second-order valence-corrected chi connectivity index (χ2v) is 6.15. The first-order valence-corrected chi connectivity index (χ1v) is 9.11. The van der Waals surface area contributed by atoms with Gasteiger partial charge in [0.2, 0.25) is 0 Å². The van der Waals surface area contributed by atoms with E-state index in [1.165, 1.54) is 13.2 Å². The van der Waals surface area contributed by atoms with Gasteiger partial charge in [0.15, 0.2) is 17.5 Å². The topological polar surface area (TPSA) is 63.2 Å². The number of ether oxygens (including phenoxy) is 2. The van der Waals surface area contributed by atoms with E-state index in [4.69, 9.17) is 9.47 Å². The lowest BCUT2D eigenvalue weighted by Crippen LogP contribution is -2.46. The number of guanidine groups is 1. The lowest BCUT2D eigenvalue weighted by molar-refractivity contribution is -0.149. The van der Waals surface area contributed by atoms with Gasteiger partial charge in [-0.25, -0.2) is 9.38 Å². The molecule has 1 aliphatic heterocycles. The lowest BCUT2D eigenvalue weighted by Gasteiger charge is -2.33. The Bertz CT molecular complexity index is 635. The number of methoxy groups -OCH3 is 1. The zero-order chi connectivity index (χ0) is 18.9. The number of carbonyl (C=O) groups is 1. The summed E-state index contributed by atoms with van der Waals surface area (Å²) >= 11 is 0. The van der Waals surface area contributed by atoms with Gasteiger partial charge in [-0.1, -0.05) is 6.07 Å².